The van der Waals surface area contributed by atoms with E-state index in [1.54, 1.807) is 0 Å². The van der Waals surface area contributed by atoms with Crippen molar-refractivity contribution >= 4 is 11.6 Å². The second-order valence-electron chi connectivity index (χ2n) is 8.71. The van der Waals surface area contributed by atoms with Gasteiger partial charge in [-0.1, -0.05) is 58.0 Å². The lowest BCUT2D eigenvalue weighted by atomic mass is 9.63. The molecule has 138 valence electrons. The Morgan fingerprint density at radius 2 is 1.77 bits per heavy atom. The molecule has 1 aromatic carbocycles. The highest BCUT2D eigenvalue weighted by Gasteiger charge is 2.36. The monoisotopic (exact) mass is 351 g/mol. The highest BCUT2D eigenvalue weighted by Crippen LogP contribution is 2.46. The van der Waals surface area contributed by atoms with E-state index in [1.807, 2.05) is 18.3 Å². The Labute approximate surface area is 156 Å². The fourth-order valence-corrected chi connectivity index (χ4v) is 3.84. The van der Waals surface area contributed by atoms with Crippen LogP contribution in [-0.2, 0) is 22.3 Å². The Morgan fingerprint density at radius 1 is 1.08 bits per heavy atom. The number of allylic oxidation sites excluding steroid dienone is 1. The van der Waals surface area contributed by atoms with Gasteiger partial charge in [-0.25, -0.2) is 4.89 Å². The van der Waals surface area contributed by atoms with Gasteiger partial charge in [0.2, 0.25) is 0 Å². The molecule has 0 amide bonds. The highest BCUT2D eigenvalue weighted by atomic mass is 17.1. The van der Waals surface area contributed by atoms with Gasteiger partial charge in [-0.05, 0) is 64.5 Å². The number of hydrogen-bond donors (Lipinski definition) is 1. The molecule has 1 aromatic heterocycles. The van der Waals surface area contributed by atoms with Crippen molar-refractivity contribution in [2.45, 2.75) is 64.9 Å². The van der Waals surface area contributed by atoms with Gasteiger partial charge in [-0.2, -0.15) is 0 Å². The molecule has 0 aliphatic heterocycles. The third-order valence-corrected chi connectivity index (χ3v) is 5.75. The van der Waals surface area contributed by atoms with Gasteiger partial charge in [0.1, 0.15) is 6.61 Å². The van der Waals surface area contributed by atoms with Crippen molar-refractivity contribution < 1.29 is 10.1 Å². The SMILES string of the molecule is C/C(=C/c1ccc2c(c1)C(C)(C)CCC2(C)C)c1ccc(COO)nc1. The minimum Gasteiger partial charge on any atom is -0.258 e. The first-order valence-corrected chi connectivity index (χ1v) is 9.28. The predicted molar refractivity (Wildman–Crippen MR) is 107 cm³/mol. The fraction of sp³-hybridized carbons (Fsp3) is 0.435. The average molecular weight is 351 g/mol. The smallest absolute Gasteiger partial charge is 0.124 e. The van der Waals surface area contributed by atoms with E-state index < -0.39 is 0 Å². The summed E-state index contributed by atoms with van der Waals surface area (Å²) >= 11 is 0. The van der Waals surface area contributed by atoms with Crippen molar-refractivity contribution in [1.29, 1.82) is 0 Å². The van der Waals surface area contributed by atoms with Crippen LogP contribution in [-0.4, -0.2) is 10.2 Å². The first-order chi connectivity index (χ1) is 12.2. The molecule has 0 radical (unpaired) electrons. The third kappa shape index (κ3) is 3.74. The van der Waals surface area contributed by atoms with Crippen molar-refractivity contribution in [3.63, 3.8) is 0 Å². The molecular weight excluding hydrogens is 322 g/mol. The lowest BCUT2D eigenvalue weighted by Crippen LogP contribution is -2.33. The topological polar surface area (TPSA) is 42.4 Å². The van der Waals surface area contributed by atoms with Gasteiger partial charge in [0.25, 0.3) is 0 Å². The van der Waals surface area contributed by atoms with E-state index in [4.69, 9.17) is 5.26 Å². The predicted octanol–water partition coefficient (Wildman–Crippen LogP) is 5.98. The summed E-state index contributed by atoms with van der Waals surface area (Å²) in [4.78, 5) is 8.45. The van der Waals surface area contributed by atoms with Gasteiger partial charge >= 0.3 is 0 Å². The lowest BCUT2D eigenvalue weighted by Gasteiger charge is -2.42. The maximum Gasteiger partial charge on any atom is 0.124 e. The number of aromatic nitrogens is 1. The summed E-state index contributed by atoms with van der Waals surface area (Å²) in [6.45, 7) is 11.6. The quantitative estimate of drug-likeness (QED) is 0.544. The van der Waals surface area contributed by atoms with Crippen molar-refractivity contribution in [2.24, 2.45) is 0 Å². The summed E-state index contributed by atoms with van der Waals surface area (Å²) in [6, 6.07) is 10.8. The van der Waals surface area contributed by atoms with Gasteiger partial charge in [-0.15, -0.1) is 0 Å². The molecule has 3 heteroatoms. The molecule has 0 atom stereocenters. The molecule has 1 N–H and O–H groups in total. The molecule has 0 spiro atoms. The molecule has 0 fully saturated rings. The first-order valence-electron chi connectivity index (χ1n) is 9.28. The van der Waals surface area contributed by atoms with Gasteiger partial charge < -0.3 is 0 Å². The number of hydrogen-bond acceptors (Lipinski definition) is 3. The van der Waals surface area contributed by atoms with Gasteiger partial charge in [-0.3, -0.25) is 10.2 Å². The van der Waals surface area contributed by atoms with Crippen molar-refractivity contribution in [3.05, 3.63) is 64.5 Å². The second kappa shape index (κ2) is 6.98. The van der Waals surface area contributed by atoms with Crippen molar-refractivity contribution in [2.75, 3.05) is 0 Å². The Balaban J connectivity index is 1.94. The molecule has 0 unspecified atom stereocenters. The maximum atomic E-state index is 8.52. The summed E-state index contributed by atoms with van der Waals surface area (Å²) in [6.07, 6.45) is 6.50. The zero-order chi connectivity index (χ0) is 18.9. The summed E-state index contributed by atoms with van der Waals surface area (Å²) < 4.78 is 0. The van der Waals surface area contributed by atoms with Gasteiger partial charge in [0.15, 0.2) is 0 Å². The Morgan fingerprint density at radius 3 is 2.38 bits per heavy atom. The van der Waals surface area contributed by atoms with Crippen LogP contribution >= 0.6 is 0 Å². The van der Waals surface area contributed by atoms with E-state index in [9.17, 15) is 0 Å². The third-order valence-electron chi connectivity index (χ3n) is 5.75. The van der Waals surface area contributed by atoms with Crippen LogP contribution in [0.2, 0.25) is 0 Å². The van der Waals surface area contributed by atoms with Crippen LogP contribution in [0.4, 0.5) is 0 Å². The Kier molecular flexibility index (Phi) is 5.05. The van der Waals surface area contributed by atoms with Crippen molar-refractivity contribution in [3.8, 4) is 0 Å². The molecule has 3 rings (SSSR count). The number of nitrogens with zero attached hydrogens (tertiary/aromatic N) is 1. The maximum absolute atomic E-state index is 8.52. The number of fused-ring (bicyclic) bond motifs is 1. The van der Waals surface area contributed by atoms with E-state index in [0.29, 0.717) is 5.69 Å². The van der Waals surface area contributed by atoms with Crippen LogP contribution in [0.3, 0.4) is 0 Å². The van der Waals surface area contributed by atoms with Crippen LogP contribution in [0.15, 0.2) is 36.5 Å². The molecule has 0 bridgehead atoms. The fourth-order valence-electron chi connectivity index (χ4n) is 3.84. The van der Waals surface area contributed by atoms with Crippen LogP contribution in [0.5, 0.6) is 0 Å². The summed E-state index contributed by atoms with van der Waals surface area (Å²) in [7, 11) is 0. The van der Waals surface area contributed by atoms with Crippen LogP contribution in [0.1, 0.15) is 75.4 Å². The molecule has 3 nitrogen and oxygen atoms in total. The second-order valence-corrected chi connectivity index (χ2v) is 8.71. The molecular formula is C23H29NO2. The van der Waals surface area contributed by atoms with Crippen LogP contribution in [0, 0.1) is 0 Å². The molecule has 0 saturated heterocycles. The minimum atomic E-state index is 0.110. The summed E-state index contributed by atoms with van der Waals surface area (Å²) in [5.41, 5.74) is 7.61. The lowest BCUT2D eigenvalue weighted by molar-refractivity contribution is -0.253. The highest BCUT2D eigenvalue weighted by molar-refractivity contribution is 5.80. The Bertz CT molecular complexity index is 817. The van der Waals surface area contributed by atoms with Crippen LogP contribution < -0.4 is 0 Å². The number of rotatable bonds is 4. The largest absolute Gasteiger partial charge is 0.258 e. The minimum absolute atomic E-state index is 0.110. The van der Waals surface area contributed by atoms with Gasteiger partial charge in [0.05, 0.1) is 5.69 Å². The molecule has 1 aliphatic rings. The van der Waals surface area contributed by atoms with E-state index in [2.05, 4.69) is 68.8 Å². The number of pyridine rings is 1. The van der Waals surface area contributed by atoms with E-state index in [0.717, 1.165) is 5.56 Å². The van der Waals surface area contributed by atoms with E-state index >= 15 is 0 Å². The Hall–Kier alpha value is -1.97. The zero-order valence-corrected chi connectivity index (χ0v) is 16.5. The molecule has 0 saturated carbocycles. The summed E-state index contributed by atoms with van der Waals surface area (Å²) in [5.74, 6) is 0. The normalized spacial score (nSPS) is 18.5. The molecule has 1 aliphatic carbocycles. The van der Waals surface area contributed by atoms with E-state index in [-0.39, 0.29) is 17.4 Å². The van der Waals surface area contributed by atoms with Crippen molar-refractivity contribution in [1.82, 2.24) is 4.98 Å². The molecule has 1 heterocycles. The zero-order valence-electron chi connectivity index (χ0n) is 16.5. The average Bonchev–Trinajstić information content (AvgIpc) is 2.60. The number of benzene rings is 1. The molecule has 2 aromatic rings. The summed E-state index contributed by atoms with van der Waals surface area (Å²) in [5, 5.41) is 8.52. The standard InChI is InChI=1S/C23H29NO2/c1-16(18-7-8-19(15-26-25)24-14-18)12-17-6-9-20-21(13-17)23(4,5)11-10-22(20,2)3/h6-9,12-14,25H,10-11,15H2,1-5H3/b16-12-. The molecule has 26 heavy (non-hydrogen) atoms. The first kappa shape index (κ1) is 18.8. The van der Waals surface area contributed by atoms with Gasteiger partial charge in [0, 0.05) is 6.20 Å². The van der Waals surface area contributed by atoms with Crippen LogP contribution in [0.25, 0.3) is 11.6 Å². The van der Waals surface area contributed by atoms with E-state index in [1.165, 1.54) is 35.1 Å².